The summed E-state index contributed by atoms with van der Waals surface area (Å²) in [4.78, 5) is 60.7. The Labute approximate surface area is 185 Å². The molecule has 0 spiro atoms. The molecule has 0 atom stereocenters. The van der Waals surface area contributed by atoms with E-state index in [1.54, 1.807) is 4.90 Å². The molecule has 0 bridgehead atoms. The van der Waals surface area contributed by atoms with E-state index in [0.29, 0.717) is 19.6 Å². The molecule has 0 heterocycles. The van der Waals surface area contributed by atoms with Gasteiger partial charge in [-0.05, 0) is 6.54 Å². The third-order valence-electron chi connectivity index (χ3n) is 4.44. The van der Waals surface area contributed by atoms with Crippen molar-refractivity contribution in [3.63, 3.8) is 0 Å². The maximum Gasteiger partial charge on any atom is 0.317 e. The first-order chi connectivity index (χ1) is 14.9. The predicted molar refractivity (Wildman–Crippen MR) is 110 cm³/mol. The second-order valence-corrected chi connectivity index (χ2v) is 7.10. The third-order valence-corrected chi connectivity index (χ3v) is 4.44. The molecule has 0 rings (SSSR count). The molecule has 0 aromatic rings. The van der Waals surface area contributed by atoms with E-state index in [-0.39, 0.29) is 32.7 Å². The van der Waals surface area contributed by atoms with Gasteiger partial charge in [-0.2, -0.15) is 0 Å². The van der Waals surface area contributed by atoms with Crippen LogP contribution in [0.3, 0.4) is 0 Å². The zero-order valence-corrected chi connectivity index (χ0v) is 18.1. The van der Waals surface area contributed by atoms with Crippen LogP contribution in [0.2, 0.25) is 0 Å². The molecule has 0 saturated heterocycles. The Balaban J connectivity index is 4.85. The molecule has 0 saturated carbocycles. The molecule has 0 radical (unpaired) electrons. The fourth-order valence-corrected chi connectivity index (χ4v) is 2.93. The highest BCUT2D eigenvalue weighted by atomic mass is 16.4. The van der Waals surface area contributed by atoms with Crippen LogP contribution in [0.15, 0.2) is 0 Å². The van der Waals surface area contributed by atoms with Crippen LogP contribution in [0.5, 0.6) is 0 Å². The highest BCUT2D eigenvalue weighted by molar-refractivity contribution is 5.73. The van der Waals surface area contributed by atoms with Gasteiger partial charge in [-0.3, -0.25) is 38.7 Å². The molecule has 0 amide bonds. The van der Waals surface area contributed by atoms with Crippen LogP contribution in [0.4, 0.5) is 0 Å². The van der Waals surface area contributed by atoms with Crippen LogP contribution in [0, 0.1) is 0 Å². The molecule has 0 aromatic carbocycles. The standard InChI is InChI=1S/C18H32N4O10/c1-2-19(4-7-21(10-15(25)26)11-16(27)28)3-5-20(9-14(23)24)6-8-22(12-17(29)30)13-18(31)32/h2-13H2,1H3,(H,23,24)(H,25,26)(H,27,28)(H,29,30)(H,31,32). The second-order valence-electron chi connectivity index (χ2n) is 7.10. The van der Waals surface area contributed by atoms with Crippen molar-refractivity contribution >= 4 is 29.8 Å². The van der Waals surface area contributed by atoms with Crippen molar-refractivity contribution in [1.29, 1.82) is 0 Å². The van der Waals surface area contributed by atoms with E-state index >= 15 is 0 Å². The normalized spacial score (nSPS) is 11.4. The van der Waals surface area contributed by atoms with Gasteiger partial charge in [0, 0.05) is 39.3 Å². The van der Waals surface area contributed by atoms with Crippen LogP contribution in [-0.2, 0) is 24.0 Å². The highest BCUT2D eigenvalue weighted by Gasteiger charge is 2.18. The Hall–Kier alpha value is -2.81. The topological polar surface area (TPSA) is 199 Å². The Kier molecular flexibility index (Phi) is 14.5. The Morgan fingerprint density at radius 1 is 0.438 bits per heavy atom. The molecule has 0 aliphatic rings. The summed E-state index contributed by atoms with van der Waals surface area (Å²) >= 11 is 0. The van der Waals surface area contributed by atoms with Crippen molar-refractivity contribution in [2.75, 3.05) is 78.5 Å². The zero-order chi connectivity index (χ0) is 24.7. The summed E-state index contributed by atoms with van der Waals surface area (Å²) < 4.78 is 0. The number of nitrogens with zero attached hydrogens (tertiary/aromatic N) is 4. The Morgan fingerprint density at radius 3 is 0.906 bits per heavy atom. The summed E-state index contributed by atoms with van der Waals surface area (Å²) in [5, 5.41) is 44.7. The third kappa shape index (κ3) is 16.0. The van der Waals surface area contributed by atoms with Gasteiger partial charge in [0.25, 0.3) is 0 Å². The predicted octanol–water partition coefficient (Wildman–Crippen LogP) is -2.36. The van der Waals surface area contributed by atoms with Crippen LogP contribution in [0.1, 0.15) is 6.92 Å². The second kappa shape index (κ2) is 15.9. The average Bonchev–Trinajstić information content (AvgIpc) is 2.63. The molecule has 0 aliphatic heterocycles. The number of hydrogen-bond acceptors (Lipinski definition) is 9. The highest BCUT2D eigenvalue weighted by Crippen LogP contribution is 1.98. The lowest BCUT2D eigenvalue weighted by Gasteiger charge is -2.29. The van der Waals surface area contributed by atoms with Gasteiger partial charge >= 0.3 is 29.8 Å². The number of aliphatic carboxylic acids is 5. The van der Waals surface area contributed by atoms with E-state index in [2.05, 4.69) is 0 Å². The summed E-state index contributed by atoms with van der Waals surface area (Å²) in [7, 11) is 0. The number of likely N-dealkylation sites (N-methyl/N-ethyl adjacent to an activating group) is 1. The quantitative estimate of drug-likeness (QED) is 0.128. The Bertz CT molecular complexity index is 613. The van der Waals surface area contributed by atoms with Crippen molar-refractivity contribution in [2.24, 2.45) is 0 Å². The van der Waals surface area contributed by atoms with Gasteiger partial charge in [0.1, 0.15) is 0 Å². The van der Waals surface area contributed by atoms with Crippen molar-refractivity contribution < 1.29 is 49.5 Å². The minimum Gasteiger partial charge on any atom is -0.480 e. The fraction of sp³-hybridized carbons (Fsp3) is 0.722. The van der Waals surface area contributed by atoms with E-state index in [4.69, 9.17) is 25.5 Å². The molecule has 0 unspecified atom stereocenters. The smallest absolute Gasteiger partial charge is 0.317 e. The molecule has 0 aromatic heterocycles. The molecule has 14 nitrogen and oxygen atoms in total. The molecule has 32 heavy (non-hydrogen) atoms. The maximum absolute atomic E-state index is 11.2. The molecule has 14 heteroatoms. The van der Waals surface area contributed by atoms with E-state index in [0.717, 1.165) is 0 Å². The van der Waals surface area contributed by atoms with Crippen LogP contribution >= 0.6 is 0 Å². The molecule has 0 aliphatic carbocycles. The number of hydrogen-bond donors (Lipinski definition) is 5. The first-order valence-corrected chi connectivity index (χ1v) is 9.91. The van der Waals surface area contributed by atoms with Gasteiger partial charge in [0.2, 0.25) is 0 Å². The van der Waals surface area contributed by atoms with Gasteiger partial charge in [-0.25, -0.2) is 0 Å². The van der Waals surface area contributed by atoms with Crippen molar-refractivity contribution in [3.8, 4) is 0 Å². The summed E-state index contributed by atoms with van der Waals surface area (Å²) in [5.41, 5.74) is 0. The van der Waals surface area contributed by atoms with E-state index in [9.17, 15) is 24.0 Å². The van der Waals surface area contributed by atoms with Gasteiger partial charge in [-0.1, -0.05) is 6.92 Å². The number of carboxylic acid groups (broad SMARTS) is 5. The van der Waals surface area contributed by atoms with Gasteiger partial charge in [0.05, 0.1) is 32.7 Å². The number of carboxylic acids is 5. The van der Waals surface area contributed by atoms with E-state index in [1.807, 2.05) is 11.8 Å². The van der Waals surface area contributed by atoms with Crippen molar-refractivity contribution in [1.82, 2.24) is 19.6 Å². The lowest BCUT2D eigenvalue weighted by molar-refractivity contribution is -0.144. The van der Waals surface area contributed by atoms with Gasteiger partial charge in [-0.15, -0.1) is 0 Å². The molecule has 0 fully saturated rings. The lowest BCUT2D eigenvalue weighted by Crippen LogP contribution is -2.45. The van der Waals surface area contributed by atoms with Gasteiger partial charge in [0.15, 0.2) is 0 Å². The minimum absolute atomic E-state index is 0.0446. The Morgan fingerprint density at radius 2 is 0.656 bits per heavy atom. The zero-order valence-electron chi connectivity index (χ0n) is 18.1. The summed E-state index contributed by atoms with van der Waals surface area (Å²) in [6, 6.07) is 0. The fourth-order valence-electron chi connectivity index (χ4n) is 2.93. The molecule has 184 valence electrons. The van der Waals surface area contributed by atoms with Crippen LogP contribution in [-0.4, -0.2) is 154 Å². The number of carbonyl (C=O) groups is 5. The van der Waals surface area contributed by atoms with Crippen molar-refractivity contribution in [3.05, 3.63) is 0 Å². The van der Waals surface area contributed by atoms with Gasteiger partial charge < -0.3 is 30.4 Å². The first kappa shape index (κ1) is 29.2. The first-order valence-electron chi connectivity index (χ1n) is 9.91. The molecular formula is C18H32N4O10. The number of rotatable bonds is 20. The average molecular weight is 464 g/mol. The van der Waals surface area contributed by atoms with Crippen LogP contribution < -0.4 is 0 Å². The minimum atomic E-state index is -1.19. The molecular weight excluding hydrogens is 432 g/mol. The summed E-state index contributed by atoms with van der Waals surface area (Å²) in [6.45, 7) is 1.68. The summed E-state index contributed by atoms with van der Waals surface area (Å²) in [5.74, 6) is -5.77. The van der Waals surface area contributed by atoms with Crippen LogP contribution in [0.25, 0.3) is 0 Å². The van der Waals surface area contributed by atoms with E-state index < -0.39 is 56.0 Å². The van der Waals surface area contributed by atoms with E-state index in [1.165, 1.54) is 9.80 Å². The lowest BCUT2D eigenvalue weighted by atomic mass is 10.3. The summed E-state index contributed by atoms with van der Waals surface area (Å²) in [6.07, 6.45) is 0. The largest absolute Gasteiger partial charge is 0.480 e. The monoisotopic (exact) mass is 464 g/mol. The maximum atomic E-state index is 11.2. The SMILES string of the molecule is CCN(CCN(CCN(CC(=O)O)CC(=O)O)CC(=O)O)CCN(CC(=O)O)CC(=O)O. The molecule has 5 N–H and O–H groups in total. The van der Waals surface area contributed by atoms with Crippen molar-refractivity contribution in [2.45, 2.75) is 6.92 Å².